The number of pyridine rings is 1. The summed E-state index contributed by atoms with van der Waals surface area (Å²) in [6.07, 6.45) is 3.07. The lowest BCUT2D eigenvalue weighted by Crippen LogP contribution is -2.11. The molecule has 0 aliphatic carbocycles. The summed E-state index contributed by atoms with van der Waals surface area (Å²) in [7, 11) is 0. The molecule has 116 valence electrons. The van der Waals surface area contributed by atoms with Crippen LogP contribution in [0.15, 0.2) is 59.3 Å². The van der Waals surface area contributed by atoms with Gasteiger partial charge >= 0.3 is 0 Å². The van der Waals surface area contributed by atoms with Gasteiger partial charge in [-0.2, -0.15) is 0 Å². The molecule has 0 bridgehead atoms. The van der Waals surface area contributed by atoms with Gasteiger partial charge in [0.25, 0.3) is 5.91 Å². The fraction of sp³-hybridized carbons (Fsp3) is 0.111. The standard InChI is InChI=1S/C18H17N3O2/c1-12-5-7-15(13(2)10-12)21-17-8-6-14(11-19-17)20-18(22)16-4-3-9-23-16/h3-11H,1-2H3,(H,19,21)(H,20,22). The summed E-state index contributed by atoms with van der Waals surface area (Å²) >= 11 is 0. The molecule has 0 unspecified atom stereocenters. The van der Waals surface area contributed by atoms with Crippen molar-refractivity contribution in [1.29, 1.82) is 0 Å². The van der Waals surface area contributed by atoms with E-state index in [0.717, 1.165) is 11.3 Å². The minimum Gasteiger partial charge on any atom is -0.459 e. The van der Waals surface area contributed by atoms with Gasteiger partial charge in [0, 0.05) is 5.69 Å². The number of furan rings is 1. The van der Waals surface area contributed by atoms with E-state index in [1.165, 1.54) is 11.8 Å². The number of hydrogen-bond donors (Lipinski definition) is 2. The monoisotopic (exact) mass is 307 g/mol. The van der Waals surface area contributed by atoms with E-state index in [9.17, 15) is 4.79 Å². The van der Waals surface area contributed by atoms with E-state index in [1.54, 1.807) is 24.4 Å². The minimum atomic E-state index is -0.299. The lowest BCUT2D eigenvalue weighted by Gasteiger charge is -2.10. The van der Waals surface area contributed by atoms with Crippen LogP contribution in [0.4, 0.5) is 17.2 Å². The highest BCUT2D eigenvalue weighted by Gasteiger charge is 2.08. The molecule has 23 heavy (non-hydrogen) atoms. The van der Waals surface area contributed by atoms with Crippen LogP contribution in [0, 0.1) is 13.8 Å². The maximum absolute atomic E-state index is 11.9. The zero-order valence-electron chi connectivity index (χ0n) is 13.0. The molecule has 2 aromatic heterocycles. The summed E-state index contributed by atoms with van der Waals surface area (Å²) in [4.78, 5) is 16.2. The highest BCUT2D eigenvalue weighted by molar-refractivity contribution is 6.02. The van der Waals surface area contributed by atoms with Crippen molar-refractivity contribution in [3.05, 3.63) is 71.8 Å². The number of anilines is 3. The Labute approximate surface area is 134 Å². The number of benzene rings is 1. The Morgan fingerprint density at radius 2 is 2.00 bits per heavy atom. The van der Waals surface area contributed by atoms with E-state index in [2.05, 4.69) is 28.6 Å². The van der Waals surface area contributed by atoms with Crippen LogP contribution in [-0.2, 0) is 0 Å². The average molecular weight is 307 g/mol. The minimum absolute atomic E-state index is 0.266. The molecule has 2 heterocycles. The van der Waals surface area contributed by atoms with E-state index in [0.29, 0.717) is 11.5 Å². The van der Waals surface area contributed by atoms with Gasteiger partial charge in [-0.3, -0.25) is 4.79 Å². The van der Waals surface area contributed by atoms with Crippen molar-refractivity contribution in [1.82, 2.24) is 4.98 Å². The molecule has 0 saturated heterocycles. The van der Waals surface area contributed by atoms with Crippen LogP contribution >= 0.6 is 0 Å². The maximum atomic E-state index is 11.9. The molecular weight excluding hydrogens is 290 g/mol. The number of amides is 1. The molecule has 5 heteroatoms. The Morgan fingerprint density at radius 3 is 2.65 bits per heavy atom. The second kappa shape index (κ2) is 6.36. The van der Waals surface area contributed by atoms with Gasteiger partial charge in [0.2, 0.25) is 0 Å². The fourth-order valence-corrected chi connectivity index (χ4v) is 2.23. The first-order valence-electron chi connectivity index (χ1n) is 7.27. The average Bonchev–Trinajstić information content (AvgIpc) is 3.06. The highest BCUT2D eigenvalue weighted by Crippen LogP contribution is 2.21. The van der Waals surface area contributed by atoms with Gasteiger partial charge in [0.15, 0.2) is 5.76 Å². The summed E-state index contributed by atoms with van der Waals surface area (Å²) in [6.45, 7) is 4.11. The SMILES string of the molecule is Cc1ccc(Nc2ccc(NC(=O)c3ccco3)cn2)c(C)c1. The second-order valence-corrected chi connectivity index (χ2v) is 5.31. The number of nitrogens with one attached hydrogen (secondary N) is 2. The summed E-state index contributed by atoms with van der Waals surface area (Å²) in [5, 5.41) is 6.00. The molecule has 0 aliphatic heterocycles. The molecule has 0 aliphatic rings. The fourth-order valence-electron chi connectivity index (χ4n) is 2.23. The van der Waals surface area contributed by atoms with Gasteiger partial charge < -0.3 is 15.1 Å². The molecule has 0 spiro atoms. The summed E-state index contributed by atoms with van der Waals surface area (Å²) in [6, 6.07) is 13.1. The van der Waals surface area contributed by atoms with E-state index in [1.807, 2.05) is 25.1 Å². The third-order valence-electron chi connectivity index (χ3n) is 3.41. The normalized spacial score (nSPS) is 10.3. The van der Waals surface area contributed by atoms with E-state index >= 15 is 0 Å². The number of nitrogens with zero attached hydrogens (tertiary/aromatic N) is 1. The number of carbonyl (C=O) groups is 1. The van der Waals surface area contributed by atoms with Crippen LogP contribution in [0.1, 0.15) is 21.7 Å². The van der Waals surface area contributed by atoms with Crippen LogP contribution in [0.5, 0.6) is 0 Å². The quantitative estimate of drug-likeness (QED) is 0.754. The molecule has 0 saturated carbocycles. The van der Waals surface area contributed by atoms with Gasteiger partial charge in [-0.05, 0) is 49.7 Å². The van der Waals surface area contributed by atoms with Crippen molar-refractivity contribution in [2.24, 2.45) is 0 Å². The Hall–Kier alpha value is -3.08. The van der Waals surface area contributed by atoms with Crippen molar-refractivity contribution in [3.63, 3.8) is 0 Å². The van der Waals surface area contributed by atoms with Gasteiger partial charge in [-0.15, -0.1) is 0 Å². The van der Waals surface area contributed by atoms with Gasteiger partial charge in [0.1, 0.15) is 5.82 Å². The van der Waals surface area contributed by atoms with Crippen LogP contribution in [0.25, 0.3) is 0 Å². The van der Waals surface area contributed by atoms with E-state index in [-0.39, 0.29) is 11.7 Å². The Balaban J connectivity index is 1.68. The first-order valence-corrected chi connectivity index (χ1v) is 7.27. The molecule has 1 aromatic carbocycles. The molecule has 1 amide bonds. The Morgan fingerprint density at radius 1 is 1.13 bits per heavy atom. The number of rotatable bonds is 4. The van der Waals surface area contributed by atoms with E-state index in [4.69, 9.17) is 4.42 Å². The zero-order valence-corrected chi connectivity index (χ0v) is 13.0. The molecule has 0 fully saturated rings. The lowest BCUT2D eigenvalue weighted by atomic mass is 10.1. The summed E-state index contributed by atoms with van der Waals surface area (Å²) in [5.74, 6) is 0.683. The Bertz CT molecular complexity index is 809. The van der Waals surface area contributed by atoms with Crippen molar-refractivity contribution in [2.75, 3.05) is 10.6 Å². The number of hydrogen-bond acceptors (Lipinski definition) is 4. The predicted octanol–water partition coefficient (Wildman–Crippen LogP) is 4.29. The second-order valence-electron chi connectivity index (χ2n) is 5.31. The smallest absolute Gasteiger partial charge is 0.291 e. The molecular formula is C18H17N3O2. The molecule has 0 atom stereocenters. The first kappa shape index (κ1) is 14.8. The van der Waals surface area contributed by atoms with Crippen molar-refractivity contribution < 1.29 is 9.21 Å². The number of carbonyl (C=O) groups excluding carboxylic acids is 1. The maximum Gasteiger partial charge on any atom is 0.291 e. The largest absolute Gasteiger partial charge is 0.459 e. The van der Waals surface area contributed by atoms with Crippen LogP contribution < -0.4 is 10.6 Å². The molecule has 5 nitrogen and oxygen atoms in total. The third-order valence-corrected chi connectivity index (χ3v) is 3.41. The molecule has 2 N–H and O–H groups in total. The number of aryl methyl sites for hydroxylation is 2. The van der Waals surface area contributed by atoms with Crippen LogP contribution in [-0.4, -0.2) is 10.9 Å². The van der Waals surface area contributed by atoms with Crippen molar-refractivity contribution in [2.45, 2.75) is 13.8 Å². The molecule has 3 aromatic rings. The topological polar surface area (TPSA) is 67.2 Å². The van der Waals surface area contributed by atoms with Gasteiger partial charge in [-0.25, -0.2) is 4.98 Å². The first-order chi connectivity index (χ1) is 11.1. The van der Waals surface area contributed by atoms with Crippen molar-refractivity contribution >= 4 is 23.1 Å². The zero-order chi connectivity index (χ0) is 16.2. The summed E-state index contributed by atoms with van der Waals surface area (Å²) < 4.78 is 5.05. The highest BCUT2D eigenvalue weighted by atomic mass is 16.3. The molecule has 3 rings (SSSR count). The van der Waals surface area contributed by atoms with E-state index < -0.39 is 0 Å². The third kappa shape index (κ3) is 3.58. The number of aromatic nitrogens is 1. The van der Waals surface area contributed by atoms with Crippen LogP contribution in [0.3, 0.4) is 0 Å². The molecule has 0 radical (unpaired) electrons. The predicted molar refractivity (Wildman–Crippen MR) is 90.1 cm³/mol. The van der Waals surface area contributed by atoms with Gasteiger partial charge in [-0.1, -0.05) is 17.7 Å². The van der Waals surface area contributed by atoms with Crippen molar-refractivity contribution in [3.8, 4) is 0 Å². The Kier molecular flexibility index (Phi) is 4.10. The van der Waals surface area contributed by atoms with Crippen LogP contribution in [0.2, 0.25) is 0 Å². The lowest BCUT2D eigenvalue weighted by molar-refractivity contribution is 0.0996. The van der Waals surface area contributed by atoms with Gasteiger partial charge in [0.05, 0.1) is 18.1 Å². The summed E-state index contributed by atoms with van der Waals surface area (Å²) in [5.41, 5.74) is 3.99.